The van der Waals surface area contributed by atoms with E-state index in [0.717, 1.165) is 42.4 Å². The third kappa shape index (κ3) is 13.3. The van der Waals surface area contributed by atoms with Gasteiger partial charge in [0.15, 0.2) is 0 Å². The second-order valence-corrected chi connectivity index (χ2v) is 13.5. The Morgan fingerprint density at radius 3 is 2.24 bits per heavy atom. The molecule has 1 aliphatic heterocycles. The number of carbonyl (C=O) groups is 1. The van der Waals surface area contributed by atoms with Crippen LogP contribution < -0.4 is 10.1 Å². The van der Waals surface area contributed by atoms with Crippen molar-refractivity contribution in [1.29, 1.82) is 0 Å². The van der Waals surface area contributed by atoms with Crippen LogP contribution in [-0.2, 0) is 23.2 Å². The molecule has 3 rings (SSSR count). The topological polar surface area (TPSA) is 41.6 Å². The number of nitrogens with one attached hydrogen (secondary N) is 1. The van der Waals surface area contributed by atoms with Crippen LogP contribution in [0.5, 0.6) is 5.75 Å². The molecule has 2 aromatic rings. The van der Waals surface area contributed by atoms with Gasteiger partial charge < -0.3 is 15.0 Å². The van der Waals surface area contributed by atoms with Crippen LogP contribution in [0.1, 0.15) is 116 Å². The summed E-state index contributed by atoms with van der Waals surface area (Å²) in [4.78, 5) is 16.6. The van der Waals surface area contributed by atoms with Crippen LogP contribution >= 0.6 is 28.7 Å². The molecule has 0 bridgehead atoms. The highest BCUT2D eigenvalue weighted by Crippen LogP contribution is 2.33. The Hall–Kier alpha value is -1.92. The minimum absolute atomic E-state index is 0. The standard InChI is InChI=1S/C35H52N2O2S.BrH/c1-6-7-8-9-10-11-12-13-14-15-21-39-33-20-19-29(23-32(33)35(3,4)5)24-34(38)36-31-18-16-17-30(22-31)26-37-25-28(2)40-27-37;/h16-20,22-23,25H,6-15,21,24,26-27H2,1-5H3,(H,36,38);1H. The summed E-state index contributed by atoms with van der Waals surface area (Å²) in [7, 11) is 0. The fourth-order valence-corrected chi connectivity index (χ4v) is 5.91. The van der Waals surface area contributed by atoms with Gasteiger partial charge in [-0.1, -0.05) is 110 Å². The van der Waals surface area contributed by atoms with Crippen LogP contribution in [0.3, 0.4) is 0 Å². The van der Waals surface area contributed by atoms with Gasteiger partial charge in [-0.2, -0.15) is 0 Å². The summed E-state index contributed by atoms with van der Waals surface area (Å²) in [5.41, 5.74) is 4.17. The largest absolute Gasteiger partial charge is 0.493 e. The summed E-state index contributed by atoms with van der Waals surface area (Å²) in [5.74, 6) is 1.94. The van der Waals surface area contributed by atoms with Gasteiger partial charge in [0.25, 0.3) is 0 Å². The number of anilines is 1. The number of carbonyl (C=O) groups excluding carboxylic acids is 1. The third-order valence-electron chi connectivity index (χ3n) is 7.39. The number of halogens is 1. The average molecular weight is 646 g/mol. The number of benzene rings is 2. The highest BCUT2D eigenvalue weighted by Gasteiger charge is 2.20. The van der Waals surface area contributed by atoms with Crippen molar-refractivity contribution in [2.75, 3.05) is 17.8 Å². The molecular formula is C35H53BrN2O2S. The zero-order valence-electron chi connectivity index (χ0n) is 26.1. The number of allylic oxidation sites excluding steroid dienone is 1. The molecular weight excluding hydrogens is 592 g/mol. The van der Waals surface area contributed by atoms with Gasteiger partial charge in [-0.25, -0.2) is 0 Å². The van der Waals surface area contributed by atoms with Crippen LogP contribution in [0.25, 0.3) is 0 Å². The summed E-state index contributed by atoms with van der Waals surface area (Å²) >= 11 is 1.86. The number of thioether (sulfide) groups is 1. The number of unbranched alkanes of at least 4 members (excludes halogenated alkanes) is 9. The van der Waals surface area contributed by atoms with Crippen LogP contribution in [0.2, 0.25) is 0 Å². The lowest BCUT2D eigenvalue weighted by molar-refractivity contribution is -0.115. The molecule has 1 amide bonds. The van der Waals surface area contributed by atoms with Gasteiger partial charge in [-0.15, -0.1) is 28.7 Å². The second kappa shape index (κ2) is 18.6. The molecule has 41 heavy (non-hydrogen) atoms. The Balaban J connectivity index is 0.00000588. The molecule has 1 aliphatic rings. The molecule has 228 valence electrons. The molecule has 0 aliphatic carbocycles. The fraction of sp³-hybridized carbons (Fsp3) is 0.571. The highest BCUT2D eigenvalue weighted by molar-refractivity contribution is 8.93. The van der Waals surface area contributed by atoms with Crippen LogP contribution in [0.4, 0.5) is 5.69 Å². The monoisotopic (exact) mass is 644 g/mol. The zero-order chi connectivity index (χ0) is 28.8. The number of ether oxygens (including phenoxy) is 1. The van der Waals surface area contributed by atoms with Crippen molar-refractivity contribution >= 4 is 40.3 Å². The lowest BCUT2D eigenvalue weighted by atomic mass is 9.85. The van der Waals surface area contributed by atoms with E-state index in [1.54, 1.807) is 0 Å². The van der Waals surface area contributed by atoms with Crippen molar-refractivity contribution in [3.63, 3.8) is 0 Å². The molecule has 2 aromatic carbocycles. The molecule has 0 unspecified atom stereocenters. The SMILES string of the molecule is Br.CCCCCCCCCCCCOc1ccc(CC(=O)Nc2cccc(CN3C=C(C)SC3)c2)cc1C(C)(C)C. The van der Waals surface area contributed by atoms with Crippen molar-refractivity contribution in [3.05, 3.63) is 70.3 Å². The van der Waals surface area contributed by atoms with E-state index in [1.165, 1.54) is 73.8 Å². The Kier molecular flexibility index (Phi) is 16.0. The quantitative estimate of drug-likeness (QED) is 0.174. The molecule has 0 aromatic heterocycles. The van der Waals surface area contributed by atoms with E-state index in [1.807, 2.05) is 30.0 Å². The summed E-state index contributed by atoms with van der Waals surface area (Å²) in [6.45, 7) is 12.6. The van der Waals surface area contributed by atoms with E-state index >= 15 is 0 Å². The van der Waals surface area contributed by atoms with Crippen molar-refractivity contribution in [1.82, 2.24) is 4.90 Å². The molecule has 0 fully saturated rings. The molecule has 0 saturated carbocycles. The van der Waals surface area contributed by atoms with Gasteiger partial charge in [0.05, 0.1) is 18.9 Å². The Morgan fingerprint density at radius 1 is 0.927 bits per heavy atom. The van der Waals surface area contributed by atoms with Gasteiger partial charge in [0.1, 0.15) is 5.75 Å². The Morgan fingerprint density at radius 2 is 1.61 bits per heavy atom. The van der Waals surface area contributed by atoms with Crippen molar-refractivity contribution in [2.45, 2.75) is 117 Å². The first kappa shape index (κ1) is 35.3. The normalized spacial score (nSPS) is 13.1. The zero-order valence-corrected chi connectivity index (χ0v) is 28.6. The molecule has 1 N–H and O–H groups in total. The second-order valence-electron chi connectivity index (χ2n) is 12.3. The first-order valence-electron chi connectivity index (χ1n) is 15.4. The number of amides is 1. The van der Waals surface area contributed by atoms with E-state index < -0.39 is 0 Å². The maximum Gasteiger partial charge on any atom is 0.228 e. The molecule has 6 heteroatoms. The van der Waals surface area contributed by atoms with Crippen molar-refractivity contribution < 1.29 is 9.53 Å². The van der Waals surface area contributed by atoms with E-state index in [4.69, 9.17) is 4.74 Å². The maximum absolute atomic E-state index is 12.9. The molecule has 0 radical (unpaired) electrons. The highest BCUT2D eigenvalue weighted by atomic mass is 79.9. The van der Waals surface area contributed by atoms with Gasteiger partial charge >= 0.3 is 0 Å². The molecule has 0 atom stereocenters. The van der Waals surface area contributed by atoms with Crippen LogP contribution in [0.15, 0.2) is 53.6 Å². The van der Waals surface area contributed by atoms with Crippen molar-refractivity contribution in [2.24, 2.45) is 0 Å². The predicted octanol–water partition coefficient (Wildman–Crippen LogP) is 10.4. The van der Waals surface area contributed by atoms with E-state index in [-0.39, 0.29) is 28.3 Å². The summed E-state index contributed by atoms with van der Waals surface area (Å²) in [5, 5.41) is 3.10. The first-order chi connectivity index (χ1) is 19.2. The molecule has 4 nitrogen and oxygen atoms in total. The Bertz CT molecular complexity index is 1100. The number of hydrogen-bond donors (Lipinski definition) is 1. The van der Waals surface area contributed by atoms with E-state index in [0.29, 0.717) is 6.42 Å². The predicted molar refractivity (Wildman–Crippen MR) is 183 cm³/mol. The van der Waals surface area contributed by atoms with Crippen molar-refractivity contribution in [3.8, 4) is 5.75 Å². The lowest BCUT2D eigenvalue weighted by Crippen LogP contribution is -2.17. The average Bonchev–Trinajstić information content (AvgIpc) is 3.31. The number of rotatable bonds is 17. The van der Waals surface area contributed by atoms with Gasteiger partial charge in [0, 0.05) is 18.4 Å². The van der Waals surface area contributed by atoms with Gasteiger partial charge in [0.2, 0.25) is 5.91 Å². The smallest absolute Gasteiger partial charge is 0.228 e. The lowest BCUT2D eigenvalue weighted by Gasteiger charge is -2.24. The fourth-order valence-electron chi connectivity index (χ4n) is 5.15. The maximum atomic E-state index is 12.9. The number of nitrogens with zero attached hydrogens (tertiary/aromatic N) is 1. The van der Waals surface area contributed by atoms with E-state index in [9.17, 15) is 4.79 Å². The summed E-state index contributed by atoms with van der Waals surface area (Å²) in [6, 6.07) is 14.4. The number of hydrogen-bond acceptors (Lipinski definition) is 4. The Labute approximate surface area is 264 Å². The minimum atomic E-state index is -0.0609. The molecule has 0 saturated heterocycles. The van der Waals surface area contributed by atoms with Gasteiger partial charge in [-0.3, -0.25) is 4.79 Å². The van der Waals surface area contributed by atoms with E-state index in [2.05, 4.69) is 75.3 Å². The minimum Gasteiger partial charge on any atom is -0.493 e. The van der Waals surface area contributed by atoms with Crippen LogP contribution in [-0.4, -0.2) is 23.3 Å². The first-order valence-corrected chi connectivity index (χ1v) is 16.4. The molecule has 0 spiro atoms. The molecule has 1 heterocycles. The van der Waals surface area contributed by atoms with Gasteiger partial charge in [-0.05, 0) is 58.6 Å². The summed E-state index contributed by atoms with van der Waals surface area (Å²) in [6.07, 6.45) is 15.8. The third-order valence-corrected chi connectivity index (χ3v) is 8.41. The summed E-state index contributed by atoms with van der Waals surface area (Å²) < 4.78 is 6.26. The van der Waals surface area contributed by atoms with Crippen LogP contribution in [0, 0.1) is 0 Å².